The number of rotatable bonds is 7. The summed E-state index contributed by atoms with van der Waals surface area (Å²) in [4.78, 5) is 12.2. The lowest BCUT2D eigenvalue weighted by molar-refractivity contribution is 0.100. The molecule has 0 aliphatic carbocycles. The van der Waals surface area contributed by atoms with Gasteiger partial charge >= 0.3 is 0 Å². The van der Waals surface area contributed by atoms with Gasteiger partial charge in [-0.05, 0) is 65.4 Å². The van der Waals surface area contributed by atoms with E-state index in [9.17, 15) is 15.0 Å². The predicted molar refractivity (Wildman–Crippen MR) is 112 cm³/mol. The highest BCUT2D eigenvalue weighted by molar-refractivity contribution is 6.04. The molecule has 0 saturated heterocycles. The molecule has 0 fully saturated rings. The molecule has 0 spiro atoms. The van der Waals surface area contributed by atoms with Gasteiger partial charge in [0.25, 0.3) is 0 Å². The number of phenols is 2. The third kappa shape index (κ3) is 4.17. The lowest BCUT2D eigenvalue weighted by Gasteiger charge is -2.19. The van der Waals surface area contributed by atoms with E-state index in [1.54, 1.807) is 42.5 Å². The van der Waals surface area contributed by atoms with Gasteiger partial charge in [-0.3, -0.25) is 4.79 Å². The van der Waals surface area contributed by atoms with Gasteiger partial charge in [-0.15, -0.1) is 0 Å². The largest absolute Gasteiger partial charge is 0.508 e. The molecule has 4 N–H and O–H groups in total. The fourth-order valence-corrected chi connectivity index (χ4v) is 3.51. The van der Waals surface area contributed by atoms with Crippen molar-refractivity contribution in [3.8, 4) is 33.8 Å². The van der Waals surface area contributed by atoms with Crippen LogP contribution in [0.15, 0.2) is 60.7 Å². The number of phenolic OH excluding ortho intramolecular Hbond substituents is 2. The van der Waals surface area contributed by atoms with Crippen LogP contribution in [0.3, 0.4) is 0 Å². The van der Waals surface area contributed by atoms with Gasteiger partial charge in [0.05, 0.1) is 0 Å². The highest BCUT2D eigenvalue weighted by Crippen LogP contribution is 2.39. The Hall–Kier alpha value is -3.27. The molecule has 0 unspecified atom stereocenters. The van der Waals surface area contributed by atoms with E-state index in [1.165, 1.54) is 0 Å². The molecule has 144 valence electrons. The number of carbonyl (C=O) groups excluding carboxylic acids is 1. The summed E-state index contributed by atoms with van der Waals surface area (Å²) in [5.74, 6) is -0.147. The summed E-state index contributed by atoms with van der Waals surface area (Å²) in [5, 5.41) is 19.4. The van der Waals surface area contributed by atoms with E-state index >= 15 is 0 Å². The summed E-state index contributed by atoms with van der Waals surface area (Å²) in [6, 6.07) is 17.5. The average molecular weight is 375 g/mol. The number of unbranched alkanes of at least 4 members (excludes halogenated alkanes) is 2. The Labute approximate surface area is 165 Å². The zero-order chi connectivity index (χ0) is 20.1. The minimum absolute atomic E-state index is 0.162. The van der Waals surface area contributed by atoms with Crippen LogP contribution in [0, 0.1) is 0 Å². The van der Waals surface area contributed by atoms with Gasteiger partial charge in [-0.1, -0.05) is 50.1 Å². The lowest BCUT2D eigenvalue weighted by Crippen LogP contribution is -2.13. The van der Waals surface area contributed by atoms with E-state index in [0.29, 0.717) is 5.56 Å². The molecule has 0 aliphatic heterocycles. The quantitative estimate of drug-likeness (QED) is 0.492. The van der Waals surface area contributed by atoms with Crippen molar-refractivity contribution in [2.45, 2.75) is 32.6 Å². The number of amides is 1. The molecule has 0 bridgehead atoms. The lowest BCUT2D eigenvalue weighted by atomic mass is 9.85. The maximum absolute atomic E-state index is 12.2. The fraction of sp³-hybridized carbons (Fsp3) is 0.208. The molecule has 0 aromatic heterocycles. The molecular formula is C24H25NO3. The molecular weight excluding hydrogens is 350 g/mol. The summed E-state index contributed by atoms with van der Waals surface area (Å²) in [6.07, 6.45) is 4.18. The summed E-state index contributed by atoms with van der Waals surface area (Å²) in [6.45, 7) is 2.17. The first kappa shape index (κ1) is 19.5. The number of hydrogen-bond donors (Lipinski definition) is 3. The Kier molecular flexibility index (Phi) is 5.99. The minimum atomic E-state index is -0.497. The molecule has 0 heterocycles. The summed E-state index contributed by atoms with van der Waals surface area (Å²) in [5.41, 5.74) is 10.7. The molecule has 4 heteroatoms. The van der Waals surface area contributed by atoms with E-state index in [4.69, 9.17) is 5.73 Å². The van der Waals surface area contributed by atoms with Crippen LogP contribution in [0.1, 0.15) is 42.1 Å². The van der Waals surface area contributed by atoms with E-state index in [-0.39, 0.29) is 11.5 Å². The molecule has 4 nitrogen and oxygen atoms in total. The average Bonchev–Trinajstić information content (AvgIpc) is 2.69. The number of aromatic hydroxyl groups is 2. The molecule has 1 amide bonds. The first-order valence-corrected chi connectivity index (χ1v) is 9.55. The van der Waals surface area contributed by atoms with Crippen molar-refractivity contribution in [1.82, 2.24) is 0 Å². The van der Waals surface area contributed by atoms with E-state index < -0.39 is 5.91 Å². The van der Waals surface area contributed by atoms with Gasteiger partial charge in [0.2, 0.25) is 5.91 Å². The van der Waals surface area contributed by atoms with Crippen molar-refractivity contribution in [1.29, 1.82) is 0 Å². The van der Waals surface area contributed by atoms with Crippen LogP contribution < -0.4 is 5.73 Å². The highest BCUT2D eigenvalue weighted by atomic mass is 16.3. The zero-order valence-electron chi connectivity index (χ0n) is 16.0. The van der Waals surface area contributed by atoms with Gasteiger partial charge in [0.1, 0.15) is 11.5 Å². The number of primary amides is 1. The Balaban J connectivity index is 2.28. The van der Waals surface area contributed by atoms with Crippen LogP contribution in [0.4, 0.5) is 0 Å². The number of carbonyl (C=O) groups is 1. The van der Waals surface area contributed by atoms with Crippen molar-refractivity contribution in [3.63, 3.8) is 0 Å². The normalized spacial score (nSPS) is 10.8. The third-order valence-electron chi connectivity index (χ3n) is 4.92. The third-order valence-corrected chi connectivity index (χ3v) is 4.92. The molecule has 3 rings (SSSR count). The van der Waals surface area contributed by atoms with Crippen molar-refractivity contribution in [3.05, 3.63) is 71.8 Å². The second-order valence-corrected chi connectivity index (χ2v) is 6.94. The van der Waals surface area contributed by atoms with Crippen LogP contribution in [0.5, 0.6) is 11.5 Å². The second-order valence-electron chi connectivity index (χ2n) is 6.94. The molecule has 3 aromatic rings. The SMILES string of the molecule is CCCCCc1ccc(C(N)=O)c(-c2ccc(O)cc2)c1-c1ccc(O)cc1. The smallest absolute Gasteiger partial charge is 0.249 e. The number of hydrogen-bond acceptors (Lipinski definition) is 3. The molecule has 0 aliphatic rings. The van der Waals surface area contributed by atoms with Gasteiger partial charge in [0.15, 0.2) is 0 Å². The zero-order valence-corrected chi connectivity index (χ0v) is 16.0. The summed E-state index contributed by atoms with van der Waals surface area (Å²) in [7, 11) is 0. The molecule has 0 atom stereocenters. The van der Waals surface area contributed by atoms with Gasteiger partial charge in [-0.25, -0.2) is 0 Å². The van der Waals surface area contributed by atoms with Gasteiger partial charge in [0, 0.05) is 11.1 Å². The first-order valence-electron chi connectivity index (χ1n) is 9.55. The van der Waals surface area contributed by atoms with E-state index in [1.807, 2.05) is 18.2 Å². The highest BCUT2D eigenvalue weighted by Gasteiger charge is 2.19. The Morgan fingerprint density at radius 3 is 1.82 bits per heavy atom. The molecule has 28 heavy (non-hydrogen) atoms. The Morgan fingerprint density at radius 2 is 1.32 bits per heavy atom. The van der Waals surface area contributed by atoms with E-state index in [2.05, 4.69) is 6.92 Å². The maximum atomic E-state index is 12.2. The number of aryl methyl sites for hydroxylation is 1. The van der Waals surface area contributed by atoms with Crippen LogP contribution in [-0.4, -0.2) is 16.1 Å². The minimum Gasteiger partial charge on any atom is -0.508 e. The van der Waals surface area contributed by atoms with Crippen LogP contribution in [0.25, 0.3) is 22.3 Å². The van der Waals surface area contributed by atoms with Crippen molar-refractivity contribution < 1.29 is 15.0 Å². The standard InChI is InChI=1S/C24H25NO3/c1-2-3-4-5-16-10-15-21(24(25)28)23(18-8-13-20(27)14-9-18)22(16)17-6-11-19(26)12-7-17/h6-15,26-27H,2-5H2,1H3,(H2,25,28). The summed E-state index contributed by atoms with van der Waals surface area (Å²) >= 11 is 0. The second kappa shape index (κ2) is 8.61. The molecule has 0 saturated carbocycles. The molecule has 0 radical (unpaired) electrons. The van der Waals surface area contributed by atoms with Gasteiger partial charge in [-0.2, -0.15) is 0 Å². The fourth-order valence-electron chi connectivity index (χ4n) is 3.51. The van der Waals surface area contributed by atoms with Crippen molar-refractivity contribution in [2.75, 3.05) is 0 Å². The first-order chi connectivity index (χ1) is 13.5. The van der Waals surface area contributed by atoms with Crippen LogP contribution in [-0.2, 0) is 6.42 Å². The van der Waals surface area contributed by atoms with Crippen LogP contribution in [0.2, 0.25) is 0 Å². The summed E-state index contributed by atoms with van der Waals surface area (Å²) < 4.78 is 0. The van der Waals surface area contributed by atoms with Crippen molar-refractivity contribution in [2.24, 2.45) is 5.73 Å². The predicted octanol–water partition coefficient (Wildman–Crippen LogP) is 5.26. The Morgan fingerprint density at radius 1 is 0.786 bits per heavy atom. The number of benzene rings is 3. The van der Waals surface area contributed by atoms with Gasteiger partial charge < -0.3 is 15.9 Å². The van der Waals surface area contributed by atoms with Crippen molar-refractivity contribution >= 4 is 5.91 Å². The maximum Gasteiger partial charge on any atom is 0.249 e. The van der Waals surface area contributed by atoms with Crippen LogP contribution >= 0.6 is 0 Å². The topological polar surface area (TPSA) is 83.6 Å². The number of nitrogens with two attached hydrogens (primary N) is 1. The molecule has 3 aromatic carbocycles. The monoisotopic (exact) mass is 375 g/mol. The Bertz CT molecular complexity index is 960. The van der Waals surface area contributed by atoms with E-state index in [0.717, 1.165) is 53.5 Å².